The lowest BCUT2D eigenvalue weighted by atomic mass is 9.85. The Labute approximate surface area is 314 Å². The minimum absolute atomic E-state index is 0.0959. The molecule has 2 aromatic heterocycles. The first kappa shape index (κ1) is 32.9. The minimum atomic E-state index is 0.0959. The maximum Gasteiger partial charge on any atom is 0.165 e. The molecule has 0 amide bonds. The van der Waals surface area contributed by atoms with Gasteiger partial charge in [-0.25, -0.2) is 15.0 Å². The monoisotopic (exact) mass is 701 g/mol. The molecule has 0 aliphatic heterocycles. The van der Waals surface area contributed by atoms with Crippen LogP contribution in [-0.2, 0) is 5.41 Å². The normalized spacial score (nSPS) is 11.9. The Bertz CT molecular complexity index is 2800. The van der Waals surface area contributed by atoms with Crippen molar-refractivity contribution in [1.82, 2.24) is 15.0 Å². The molecular weight excluding hydrogens is 663 g/mol. The lowest BCUT2D eigenvalue weighted by molar-refractivity contribution is 0.590. The van der Waals surface area contributed by atoms with Gasteiger partial charge in [-0.1, -0.05) is 159 Å². The van der Waals surface area contributed by atoms with Gasteiger partial charge in [-0.15, -0.1) is 11.3 Å². The zero-order valence-corrected chi connectivity index (χ0v) is 31.4. The van der Waals surface area contributed by atoms with E-state index in [0.29, 0.717) is 17.5 Å². The van der Waals surface area contributed by atoms with Crippen LogP contribution in [-0.4, -0.2) is 15.0 Å². The number of nitrogens with zero attached hydrogens (tertiary/aromatic N) is 3. The molecule has 9 rings (SSSR count). The van der Waals surface area contributed by atoms with E-state index < -0.39 is 0 Å². The third-order valence-electron chi connectivity index (χ3n) is 10.2. The van der Waals surface area contributed by atoms with Gasteiger partial charge in [-0.3, -0.25) is 0 Å². The van der Waals surface area contributed by atoms with Gasteiger partial charge in [0.2, 0.25) is 0 Å². The summed E-state index contributed by atoms with van der Waals surface area (Å²) in [7, 11) is 0. The highest BCUT2D eigenvalue weighted by molar-refractivity contribution is 7.26. The molecule has 0 saturated carbocycles. The first-order chi connectivity index (χ1) is 25.7. The minimum Gasteiger partial charge on any atom is -0.208 e. The van der Waals surface area contributed by atoms with Crippen LogP contribution in [0.2, 0.25) is 0 Å². The summed E-state index contributed by atoms with van der Waals surface area (Å²) in [6, 6.07) is 52.4. The SMILES string of the molecule is Cc1cc(C)cc(-c2ccc(-c3nc(-c4ccc(-c5ccc(C(C)(C)C)cc5)c5ccccc45)nc(-c4cccc5c4sc4ccccc45)n3)cc2)c1. The Morgan fingerprint density at radius 2 is 0.962 bits per heavy atom. The summed E-state index contributed by atoms with van der Waals surface area (Å²) in [5.41, 5.74) is 11.6. The molecule has 0 aliphatic rings. The Balaban J connectivity index is 1.23. The van der Waals surface area contributed by atoms with Crippen molar-refractivity contribution >= 4 is 42.3 Å². The quantitative estimate of drug-likeness (QED) is 0.179. The molecule has 0 unspecified atom stereocenters. The van der Waals surface area contributed by atoms with Crippen molar-refractivity contribution in [2.75, 3.05) is 0 Å². The molecule has 0 saturated heterocycles. The average Bonchev–Trinajstić information content (AvgIpc) is 3.56. The van der Waals surface area contributed by atoms with E-state index >= 15 is 0 Å². The van der Waals surface area contributed by atoms with Crippen molar-refractivity contribution in [2.45, 2.75) is 40.0 Å². The third kappa shape index (κ3) is 6.09. The smallest absolute Gasteiger partial charge is 0.165 e. The number of aromatic nitrogens is 3. The fraction of sp³-hybridized carbons (Fsp3) is 0.122. The highest BCUT2D eigenvalue weighted by atomic mass is 32.1. The van der Waals surface area contributed by atoms with Crippen molar-refractivity contribution in [2.24, 2.45) is 0 Å². The number of hydrogen-bond donors (Lipinski definition) is 0. The molecule has 0 bridgehead atoms. The zero-order valence-electron chi connectivity index (χ0n) is 30.6. The number of fused-ring (bicyclic) bond motifs is 4. The van der Waals surface area contributed by atoms with Gasteiger partial charge in [-0.05, 0) is 76.1 Å². The number of hydrogen-bond acceptors (Lipinski definition) is 4. The van der Waals surface area contributed by atoms with Crippen LogP contribution in [0.3, 0.4) is 0 Å². The average molecular weight is 702 g/mol. The van der Waals surface area contributed by atoms with E-state index in [1.165, 1.54) is 64.5 Å². The molecule has 0 spiro atoms. The van der Waals surface area contributed by atoms with E-state index in [1.54, 1.807) is 11.3 Å². The molecule has 2 heterocycles. The van der Waals surface area contributed by atoms with E-state index in [-0.39, 0.29) is 5.41 Å². The van der Waals surface area contributed by atoms with Crippen LogP contribution in [0.15, 0.2) is 146 Å². The Morgan fingerprint density at radius 1 is 0.415 bits per heavy atom. The highest BCUT2D eigenvalue weighted by Gasteiger charge is 2.19. The van der Waals surface area contributed by atoms with Crippen molar-refractivity contribution < 1.29 is 0 Å². The molecule has 0 fully saturated rings. The topological polar surface area (TPSA) is 38.7 Å². The van der Waals surface area contributed by atoms with Gasteiger partial charge in [0.25, 0.3) is 0 Å². The summed E-state index contributed by atoms with van der Waals surface area (Å²) < 4.78 is 2.43. The zero-order chi connectivity index (χ0) is 36.3. The fourth-order valence-corrected chi connectivity index (χ4v) is 8.73. The van der Waals surface area contributed by atoms with E-state index in [9.17, 15) is 0 Å². The van der Waals surface area contributed by atoms with Gasteiger partial charge >= 0.3 is 0 Å². The van der Waals surface area contributed by atoms with Crippen LogP contribution in [0, 0.1) is 13.8 Å². The number of aryl methyl sites for hydroxylation is 2. The summed E-state index contributed by atoms with van der Waals surface area (Å²) in [6.07, 6.45) is 0. The predicted molar refractivity (Wildman–Crippen MR) is 226 cm³/mol. The summed E-state index contributed by atoms with van der Waals surface area (Å²) >= 11 is 1.79. The molecule has 9 aromatic rings. The molecule has 0 aliphatic carbocycles. The van der Waals surface area contributed by atoms with Crippen molar-refractivity contribution in [3.63, 3.8) is 0 Å². The maximum atomic E-state index is 5.28. The summed E-state index contributed by atoms with van der Waals surface area (Å²) in [4.78, 5) is 15.7. The van der Waals surface area contributed by atoms with Crippen LogP contribution < -0.4 is 0 Å². The van der Waals surface area contributed by atoms with Gasteiger partial charge in [0.15, 0.2) is 17.5 Å². The highest BCUT2D eigenvalue weighted by Crippen LogP contribution is 2.41. The van der Waals surface area contributed by atoms with E-state index in [4.69, 9.17) is 15.0 Å². The number of benzene rings is 7. The van der Waals surface area contributed by atoms with Crippen molar-refractivity contribution in [3.8, 4) is 56.4 Å². The van der Waals surface area contributed by atoms with E-state index in [0.717, 1.165) is 22.1 Å². The molecule has 0 atom stereocenters. The third-order valence-corrected chi connectivity index (χ3v) is 11.4. The maximum absolute atomic E-state index is 5.28. The Morgan fingerprint density at radius 3 is 1.66 bits per heavy atom. The van der Waals surface area contributed by atoms with Crippen LogP contribution >= 0.6 is 11.3 Å². The van der Waals surface area contributed by atoms with Crippen LogP contribution in [0.5, 0.6) is 0 Å². The Hall–Kier alpha value is -5.97. The molecule has 0 N–H and O–H groups in total. The second-order valence-corrected chi connectivity index (χ2v) is 16.1. The van der Waals surface area contributed by atoms with Crippen molar-refractivity contribution in [3.05, 3.63) is 162 Å². The lowest BCUT2D eigenvalue weighted by Gasteiger charge is -2.19. The van der Waals surface area contributed by atoms with Gasteiger partial charge in [-0.2, -0.15) is 0 Å². The molecule has 3 nitrogen and oxygen atoms in total. The predicted octanol–water partition coefficient (Wildman–Crippen LogP) is 13.6. The van der Waals surface area contributed by atoms with Crippen LogP contribution in [0.4, 0.5) is 0 Å². The Kier molecular flexibility index (Phi) is 8.01. The number of rotatable bonds is 5. The fourth-order valence-electron chi connectivity index (χ4n) is 7.52. The van der Waals surface area contributed by atoms with Gasteiger partial charge in [0.05, 0.1) is 0 Å². The molecular formula is C49H39N3S. The standard InChI is InChI=1S/C49H39N3S/c1-30-27-31(2)29-35(28-30)32-17-19-34(20-18-32)46-50-47(52-48(51-46)43-15-10-14-41-40-13-8-9-16-44(40)53-45(41)43)42-26-25-37(38-11-6-7-12-39(38)42)33-21-23-36(24-22-33)49(3,4)5/h6-29H,1-5H3. The number of thiophene rings is 1. The molecule has 0 radical (unpaired) electrons. The first-order valence-corrected chi connectivity index (χ1v) is 19.0. The molecule has 4 heteroatoms. The summed E-state index contributed by atoms with van der Waals surface area (Å²) in [6.45, 7) is 11.1. The summed E-state index contributed by atoms with van der Waals surface area (Å²) in [5.74, 6) is 1.99. The largest absolute Gasteiger partial charge is 0.208 e. The van der Waals surface area contributed by atoms with E-state index in [2.05, 4.69) is 180 Å². The molecule has 7 aromatic carbocycles. The van der Waals surface area contributed by atoms with Gasteiger partial charge in [0, 0.05) is 36.9 Å². The van der Waals surface area contributed by atoms with E-state index in [1.807, 2.05) is 0 Å². The second kappa shape index (κ2) is 12.9. The van der Waals surface area contributed by atoms with Gasteiger partial charge < -0.3 is 0 Å². The van der Waals surface area contributed by atoms with Crippen LogP contribution in [0.25, 0.3) is 87.4 Å². The molecule has 53 heavy (non-hydrogen) atoms. The molecule has 256 valence electrons. The second-order valence-electron chi connectivity index (χ2n) is 15.1. The van der Waals surface area contributed by atoms with Gasteiger partial charge in [0.1, 0.15) is 0 Å². The van der Waals surface area contributed by atoms with Crippen molar-refractivity contribution in [1.29, 1.82) is 0 Å². The lowest BCUT2D eigenvalue weighted by Crippen LogP contribution is -2.10. The van der Waals surface area contributed by atoms with Crippen LogP contribution in [0.1, 0.15) is 37.5 Å². The summed E-state index contributed by atoms with van der Waals surface area (Å²) in [5, 5.41) is 4.75. The first-order valence-electron chi connectivity index (χ1n) is 18.2.